The van der Waals surface area contributed by atoms with Gasteiger partial charge in [0.1, 0.15) is 5.75 Å². The smallest absolute Gasteiger partial charge is 0.267 e. The highest BCUT2D eigenvalue weighted by Gasteiger charge is 2.38. The van der Waals surface area contributed by atoms with Gasteiger partial charge in [0, 0.05) is 6.04 Å². The van der Waals surface area contributed by atoms with Gasteiger partial charge in [-0.1, -0.05) is 44.4 Å². The second-order valence-electron chi connectivity index (χ2n) is 7.97. The van der Waals surface area contributed by atoms with Crippen molar-refractivity contribution in [3.63, 3.8) is 0 Å². The Hall–Kier alpha value is -1.07. The maximum Gasteiger partial charge on any atom is 0.267 e. The number of benzene rings is 2. The number of methoxy groups -OCH3 is 1. The third-order valence-electron chi connectivity index (χ3n) is 5.89. The van der Waals surface area contributed by atoms with Gasteiger partial charge in [-0.25, -0.2) is 4.99 Å². The van der Waals surface area contributed by atoms with Crippen LogP contribution in [0.15, 0.2) is 46.3 Å². The minimum Gasteiger partial charge on any atom is -0.495 e. The molecule has 168 valence electrons. The molecular formula is C25H26I2N2O2S. The Balaban J connectivity index is 1.74. The number of nitrogens with zero attached hydrogens (tertiary/aromatic N) is 2. The number of para-hydroxylation sites is 1. The van der Waals surface area contributed by atoms with Gasteiger partial charge in [-0.15, -0.1) is 0 Å². The monoisotopic (exact) mass is 672 g/mol. The summed E-state index contributed by atoms with van der Waals surface area (Å²) in [6.45, 7) is 2.14. The van der Waals surface area contributed by atoms with Crippen molar-refractivity contribution in [2.24, 2.45) is 4.99 Å². The average molecular weight is 672 g/mol. The molecule has 1 aliphatic heterocycles. The molecule has 0 unspecified atom stereocenters. The third-order valence-corrected chi connectivity index (χ3v) is 8.47. The van der Waals surface area contributed by atoms with E-state index in [4.69, 9.17) is 9.73 Å². The Morgan fingerprint density at radius 2 is 1.84 bits per heavy atom. The maximum absolute atomic E-state index is 13.6. The summed E-state index contributed by atoms with van der Waals surface area (Å²) in [6, 6.07) is 12.6. The highest BCUT2D eigenvalue weighted by atomic mass is 127. The molecule has 0 radical (unpaired) electrons. The number of carbonyl (C=O) groups excluding carboxylic acids is 1. The fourth-order valence-electron chi connectivity index (χ4n) is 4.26. The van der Waals surface area contributed by atoms with E-state index in [0.717, 1.165) is 53.5 Å². The molecule has 0 bridgehead atoms. The van der Waals surface area contributed by atoms with Crippen molar-refractivity contribution < 1.29 is 9.53 Å². The molecule has 1 heterocycles. The van der Waals surface area contributed by atoms with Crippen LogP contribution in [0.2, 0.25) is 0 Å². The van der Waals surface area contributed by atoms with E-state index in [-0.39, 0.29) is 11.9 Å². The predicted octanol–water partition coefficient (Wildman–Crippen LogP) is 7.40. The summed E-state index contributed by atoms with van der Waals surface area (Å²) in [5.74, 6) is 0.955. The zero-order valence-corrected chi connectivity index (χ0v) is 23.4. The molecule has 1 saturated carbocycles. The summed E-state index contributed by atoms with van der Waals surface area (Å²) in [6.07, 6.45) is 8.61. The quantitative estimate of drug-likeness (QED) is 0.246. The first-order valence-corrected chi connectivity index (χ1v) is 13.9. The van der Waals surface area contributed by atoms with Gasteiger partial charge < -0.3 is 4.74 Å². The van der Waals surface area contributed by atoms with Crippen molar-refractivity contribution in [3.8, 4) is 5.75 Å². The molecule has 0 spiro atoms. The fraction of sp³-hybridized carbons (Fsp3) is 0.360. The van der Waals surface area contributed by atoms with Gasteiger partial charge in [-0.05, 0) is 112 Å². The van der Waals surface area contributed by atoms with Crippen LogP contribution in [0.3, 0.4) is 0 Å². The van der Waals surface area contributed by atoms with Crippen LogP contribution in [0, 0.1) is 7.14 Å². The normalized spacial score (nSPS) is 19.9. The molecule has 0 N–H and O–H groups in total. The molecule has 2 aromatic rings. The number of halogens is 2. The lowest BCUT2D eigenvalue weighted by Crippen LogP contribution is -2.40. The summed E-state index contributed by atoms with van der Waals surface area (Å²) in [7, 11) is 1.69. The van der Waals surface area contributed by atoms with Gasteiger partial charge in [0.2, 0.25) is 0 Å². The summed E-state index contributed by atoms with van der Waals surface area (Å²) >= 11 is 6.07. The van der Waals surface area contributed by atoms with Gasteiger partial charge in [0.05, 0.1) is 24.8 Å². The number of carbonyl (C=O) groups is 1. The molecule has 7 heteroatoms. The van der Waals surface area contributed by atoms with Crippen molar-refractivity contribution in [1.29, 1.82) is 0 Å². The molecule has 2 aromatic carbocycles. The highest BCUT2D eigenvalue weighted by Crippen LogP contribution is 2.39. The van der Waals surface area contributed by atoms with E-state index in [2.05, 4.69) is 70.3 Å². The molecule has 1 amide bonds. The average Bonchev–Trinajstić information content (AvgIpc) is 3.09. The van der Waals surface area contributed by atoms with Gasteiger partial charge in [-0.3, -0.25) is 9.69 Å². The Bertz CT molecular complexity index is 1050. The maximum atomic E-state index is 13.6. The van der Waals surface area contributed by atoms with E-state index in [9.17, 15) is 4.79 Å². The number of aliphatic imine (C=N–C) groups is 1. The predicted molar refractivity (Wildman–Crippen MR) is 151 cm³/mol. The fourth-order valence-corrected chi connectivity index (χ4v) is 7.57. The first-order valence-electron chi connectivity index (χ1n) is 10.9. The van der Waals surface area contributed by atoms with Crippen LogP contribution in [0.5, 0.6) is 5.75 Å². The molecule has 4 nitrogen and oxygen atoms in total. The van der Waals surface area contributed by atoms with Crippen LogP contribution in [0.25, 0.3) is 6.08 Å². The number of ether oxygens (including phenoxy) is 1. The molecule has 4 rings (SSSR count). The van der Waals surface area contributed by atoms with Crippen LogP contribution >= 0.6 is 56.9 Å². The molecule has 1 saturated heterocycles. The molecule has 32 heavy (non-hydrogen) atoms. The van der Waals surface area contributed by atoms with E-state index in [0.29, 0.717) is 0 Å². The molecule has 2 aliphatic rings. The van der Waals surface area contributed by atoms with Gasteiger partial charge in [0.15, 0.2) is 5.17 Å². The topological polar surface area (TPSA) is 41.9 Å². The number of hydrogen-bond acceptors (Lipinski definition) is 4. The number of hydrogen-bond donors (Lipinski definition) is 0. The van der Waals surface area contributed by atoms with E-state index in [1.807, 2.05) is 29.2 Å². The number of rotatable bonds is 5. The largest absolute Gasteiger partial charge is 0.495 e. The van der Waals surface area contributed by atoms with Crippen LogP contribution in [-0.2, 0) is 11.2 Å². The van der Waals surface area contributed by atoms with Crippen molar-refractivity contribution in [1.82, 2.24) is 4.90 Å². The molecule has 0 atom stereocenters. The Labute approximate surface area is 221 Å². The molecule has 0 aromatic heterocycles. The Morgan fingerprint density at radius 3 is 2.50 bits per heavy atom. The van der Waals surface area contributed by atoms with Gasteiger partial charge in [0.25, 0.3) is 5.91 Å². The summed E-state index contributed by atoms with van der Waals surface area (Å²) in [5, 5.41) is 0.812. The van der Waals surface area contributed by atoms with Crippen LogP contribution in [-0.4, -0.2) is 29.1 Å². The SMILES string of the molecule is CCc1ccccc1N=C1S/C(=C/c2cc(I)c(OC)c(I)c2)C(=O)N1C1CCCCC1. The first-order chi connectivity index (χ1) is 15.5. The molecule has 2 fully saturated rings. The van der Waals surface area contributed by atoms with Crippen molar-refractivity contribution >= 4 is 79.8 Å². The van der Waals surface area contributed by atoms with Crippen molar-refractivity contribution in [2.75, 3.05) is 7.11 Å². The second-order valence-corrected chi connectivity index (χ2v) is 11.3. The summed E-state index contributed by atoms with van der Waals surface area (Å²) in [4.78, 5) is 21.3. The minimum atomic E-state index is 0.0791. The highest BCUT2D eigenvalue weighted by molar-refractivity contribution is 14.1. The second kappa shape index (κ2) is 10.9. The van der Waals surface area contributed by atoms with Crippen LogP contribution in [0.4, 0.5) is 5.69 Å². The number of amidine groups is 1. The summed E-state index contributed by atoms with van der Waals surface area (Å²) in [5.41, 5.74) is 3.17. The van der Waals surface area contributed by atoms with Crippen molar-refractivity contribution in [2.45, 2.75) is 51.5 Å². The lowest BCUT2D eigenvalue weighted by molar-refractivity contribution is -0.124. The number of amides is 1. The standard InChI is InChI=1S/C25H26I2N2O2S/c1-3-17-9-7-8-12-21(17)28-25-29(18-10-5-4-6-11-18)24(30)22(32-25)15-16-13-19(26)23(31-2)20(27)14-16/h7-9,12-15,18H,3-6,10-11H2,1-2H3/b22-15+,28-25?. The number of aryl methyl sites for hydroxylation is 1. The van der Waals surface area contributed by atoms with Gasteiger partial charge in [-0.2, -0.15) is 0 Å². The van der Waals surface area contributed by atoms with Crippen molar-refractivity contribution in [3.05, 3.63) is 59.6 Å². The Morgan fingerprint density at radius 1 is 1.16 bits per heavy atom. The lowest BCUT2D eigenvalue weighted by Gasteiger charge is -2.30. The van der Waals surface area contributed by atoms with E-state index in [1.165, 1.54) is 36.6 Å². The minimum absolute atomic E-state index is 0.0791. The van der Waals surface area contributed by atoms with E-state index in [1.54, 1.807) is 7.11 Å². The molecule has 1 aliphatic carbocycles. The van der Waals surface area contributed by atoms with E-state index >= 15 is 0 Å². The van der Waals surface area contributed by atoms with Crippen LogP contribution < -0.4 is 4.74 Å². The Kier molecular flexibility index (Phi) is 8.20. The zero-order valence-electron chi connectivity index (χ0n) is 18.2. The van der Waals surface area contributed by atoms with E-state index < -0.39 is 0 Å². The summed E-state index contributed by atoms with van der Waals surface area (Å²) < 4.78 is 7.56. The third kappa shape index (κ3) is 5.19. The zero-order chi connectivity index (χ0) is 22.7. The van der Waals surface area contributed by atoms with Crippen LogP contribution in [0.1, 0.15) is 50.2 Å². The first kappa shape index (κ1) is 24.1. The molecular weight excluding hydrogens is 646 g/mol. The van der Waals surface area contributed by atoms with Gasteiger partial charge >= 0.3 is 0 Å². The number of thioether (sulfide) groups is 1. The lowest BCUT2D eigenvalue weighted by atomic mass is 9.94.